The number of nitrogens with one attached hydrogen (secondary N) is 1. The van der Waals surface area contributed by atoms with Crippen molar-refractivity contribution in [3.8, 4) is 0 Å². The van der Waals surface area contributed by atoms with Gasteiger partial charge in [0.25, 0.3) is 0 Å². The van der Waals surface area contributed by atoms with E-state index in [9.17, 15) is 4.39 Å². The first-order chi connectivity index (χ1) is 3.81. The van der Waals surface area contributed by atoms with E-state index >= 15 is 0 Å². The molecule has 3 heteroatoms. The molecule has 0 aliphatic rings. The fourth-order valence-corrected chi connectivity index (χ4v) is 0.205. The molecule has 0 aromatic rings. The van der Waals surface area contributed by atoms with E-state index in [0.29, 0.717) is 0 Å². The van der Waals surface area contributed by atoms with E-state index in [1.54, 1.807) is 6.92 Å². The molecule has 0 atom stereocenters. The maximum atomic E-state index is 12.0. The summed E-state index contributed by atoms with van der Waals surface area (Å²) in [5, 5.41) is 2.28. The fourth-order valence-electron chi connectivity index (χ4n) is 0.205. The summed E-state index contributed by atoms with van der Waals surface area (Å²) >= 11 is 0. The summed E-state index contributed by atoms with van der Waals surface area (Å²) in [6.07, 6.45) is 2.62. The number of aliphatic imine (C=N–C) groups is 1. The summed E-state index contributed by atoms with van der Waals surface area (Å²) in [7, 11) is 1.50. The van der Waals surface area contributed by atoms with E-state index in [1.807, 2.05) is 0 Å². The van der Waals surface area contributed by atoms with Crippen LogP contribution in [0.15, 0.2) is 17.1 Å². The first-order valence-electron chi connectivity index (χ1n) is 2.32. The highest BCUT2D eigenvalue weighted by atomic mass is 19.1. The summed E-state index contributed by atoms with van der Waals surface area (Å²) in [6.45, 7) is 1.72. The highest BCUT2D eigenvalue weighted by Crippen LogP contribution is 1.86. The Bertz CT molecular complexity index is 107. The molecule has 2 nitrogen and oxygen atoms in total. The SMILES string of the molecule is CC=N/C=C(/F)NC. The molecule has 1 N–H and O–H groups in total. The third-order valence-electron chi connectivity index (χ3n) is 0.576. The smallest absolute Gasteiger partial charge is 0.205 e. The molecule has 0 fully saturated rings. The zero-order valence-electron chi connectivity index (χ0n) is 4.98. The first kappa shape index (κ1) is 7.14. The Labute approximate surface area is 48.1 Å². The van der Waals surface area contributed by atoms with Crippen LogP contribution in [0.5, 0.6) is 0 Å². The molecule has 8 heavy (non-hydrogen) atoms. The normalized spacial score (nSPS) is 12.6. The quantitative estimate of drug-likeness (QED) is 0.423. The zero-order chi connectivity index (χ0) is 6.41. The van der Waals surface area contributed by atoms with Crippen LogP contribution in [-0.2, 0) is 0 Å². The molecular formula is C5H9FN2. The van der Waals surface area contributed by atoms with Gasteiger partial charge < -0.3 is 5.32 Å². The van der Waals surface area contributed by atoms with Crippen LogP contribution in [0.3, 0.4) is 0 Å². The molecule has 0 aliphatic heterocycles. The average Bonchev–Trinajstić information content (AvgIpc) is 1.83. The van der Waals surface area contributed by atoms with Gasteiger partial charge in [0.05, 0.1) is 6.20 Å². The minimum Gasteiger partial charge on any atom is -0.364 e. The van der Waals surface area contributed by atoms with Crippen LogP contribution in [0.1, 0.15) is 6.92 Å². The lowest BCUT2D eigenvalue weighted by atomic mass is 10.8. The van der Waals surface area contributed by atoms with Gasteiger partial charge in [0, 0.05) is 13.3 Å². The molecule has 0 amide bonds. The summed E-state index contributed by atoms with van der Waals surface area (Å²) in [4.78, 5) is 3.52. The van der Waals surface area contributed by atoms with Crippen molar-refractivity contribution >= 4 is 6.21 Å². The van der Waals surface area contributed by atoms with E-state index in [0.717, 1.165) is 6.20 Å². The van der Waals surface area contributed by atoms with E-state index in [4.69, 9.17) is 0 Å². The highest BCUT2D eigenvalue weighted by molar-refractivity contribution is 5.54. The van der Waals surface area contributed by atoms with Crippen molar-refractivity contribution in [1.29, 1.82) is 0 Å². The van der Waals surface area contributed by atoms with Crippen molar-refractivity contribution in [3.05, 3.63) is 12.2 Å². The average molecular weight is 116 g/mol. The van der Waals surface area contributed by atoms with Gasteiger partial charge in [0.1, 0.15) is 0 Å². The molecule has 46 valence electrons. The zero-order valence-corrected chi connectivity index (χ0v) is 4.98. The van der Waals surface area contributed by atoms with Gasteiger partial charge >= 0.3 is 0 Å². The van der Waals surface area contributed by atoms with Crippen molar-refractivity contribution in [1.82, 2.24) is 5.32 Å². The molecule has 0 saturated carbocycles. The van der Waals surface area contributed by atoms with E-state index in [-0.39, 0.29) is 0 Å². The van der Waals surface area contributed by atoms with Gasteiger partial charge in [0.2, 0.25) is 5.95 Å². The van der Waals surface area contributed by atoms with Gasteiger partial charge in [0.15, 0.2) is 0 Å². The maximum Gasteiger partial charge on any atom is 0.205 e. The van der Waals surface area contributed by atoms with E-state index in [2.05, 4.69) is 10.3 Å². The van der Waals surface area contributed by atoms with Gasteiger partial charge in [-0.05, 0) is 6.92 Å². The van der Waals surface area contributed by atoms with Crippen molar-refractivity contribution in [3.63, 3.8) is 0 Å². The Morgan fingerprint density at radius 1 is 1.75 bits per heavy atom. The molecule has 0 bridgehead atoms. The minimum absolute atomic E-state index is 0.428. The van der Waals surface area contributed by atoms with Gasteiger partial charge in [-0.3, -0.25) is 4.99 Å². The summed E-state index contributed by atoms with van der Waals surface area (Å²) < 4.78 is 12.0. The second-order valence-corrected chi connectivity index (χ2v) is 1.13. The fraction of sp³-hybridized carbons (Fsp3) is 0.400. The van der Waals surface area contributed by atoms with Crippen molar-refractivity contribution in [2.75, 3.05) is 7.05 Å². The predicted molar refractivity (Wildman–Crippen MR) is 32.4 cm³/mol. The number of nitrogens with zero attached hydrogens (tertiary/aromatic N) is 1. The lowest BCUT2D eigenvalue weighted by molar-refractivity contribution is 0.571. The van der Waals surface area contributed by atoms with Crippen LogP contribution in [0, 0.1) is 0 Å². The van der Waals surface area contributed by atoms with Crippen LogP contribution < -0.4 is 5.32 Å². The second-order valence-electron chi connectivity index (χ2n) is 1.13. The first-order valence-corrected chi connectivity index (χ1v) is 2.32. The third kappa shape index (κ3) is 3.33. The second kappa shape index (κ2) is 4.30. The van der Waals surface area contributed by atoms with Crippen LogP contribution in [0.2, 0.25) is 0 Å². The molecule has 0 aromatic carbocycles. The van der Waals surface area contributed by atoms with Crippen molar-refractivity contribution < 1.29 is 4.39 Å². The van der Waals surface area contributed by atoms with Crippen molar-refractivity contribution in [2.24, 2.45) is 4.99 Å². The van der Waals surface area contributed by atoms with Gasteiger partial charge in [-0.1, -0.05) is 0 Å². The monoisotopic (exact) mass is 116 g/mol. The Hall–Kier alpha value is -0.860. The summed E-state index contributed by atoms with van der Waals surface area (Å²) in [6, 6.07) is 0. The van der Waals surface area contributed by atoms with Gasteiger partial charge in [-0.2, -0.15) is 4.39 Å². The largest absolute Gasteiger partial charge is 0.364 e. The molecule has 0 rings (SSSR count). The molecule has 0 aliphatic carbocycles. The molecule has 0 unspecified atom stereocenters. The minimum atomic E-state index is -0.428. The Morgan fingerprint density at radius 2 is 2.38 bits per heavy atom. The lowest BCUT2D eigenvalue weighted by Crippen LogP contribution is -1.98. The Kier molecular flexibility index (Phi) is 3.84. The number of halogens is 1. The topological polar surface area (TPSA) is 24.4 Å². The third-order valence-corrected chi connectivity index (χ3v) is 0.576. The van der Waals surface area contributed by atoms with Gasteiger partial charge in [-0.15, -0.1) is 0 Å². The predicted octanol–water partition coefficient (Wildman–Crippen LogP) is 1.06. The summed E-state index contributed by atoms with van der Waals surface area (Å²) in [5.74, 6) is -0.428. The lowest BCUT2D eigenvalue weighted by Gasteiger charge is -1.87. The van der Waals surface area contributed by atoms with Crippen molar-refractivity contribution in [2.45, 2.75) is 6.92 Å². The molecule has 0 aromatic heterocycles. The molecular weight excluding hydrogens is 107 g/mol. The van der Waals surface area contributed by atoms with E-state index < -0.39 is 5.95 Å². The highest BCUT2D eigenvalue weighted by Gasteiger charge is 1.79. The number of hydrogen-bond acceptors (Lipinski definition) is 2. The van der Waals surface area contributed by atoms with Crippen LogP contribution >= 0.6 is 0 Å². The molecule has 0 radical (unpaired) electrons. The Balaban J connectivity index is 3.57. The molecule has 0 saturated heterocycles. The van der Waals surface area contributed by atoms with E-state index in [1.165, 1.54) is 13.3 Å². The van der Waals surface area contributed by atoms with Crippen LogP contribution in [0.4, 0.5) is 4.39 Å². The molecule has 0 heterocycles. The number of rotatable bonds is 2. The standard InChI is InChI=1S/C5H9FN2/c1-3-8-4-5(6)7-2/h3-4,7H,1-2H3/b5-4-,8-3?. The Morgan fingerprint density at radius 3 is 2.75 bits per heavy atom. The van der Waals surface area contributed by atoms with Gasteiger partial charge in [-0.25, -0.2) is 0 Å². The van der Waals surface area contributed by atoms with Crippen LogP contribution in [-0.4, -0.2) is 13.3 Å². The summed E-state index contributed by atoms with van der Waals surface area (Å²) in [5.41, 5.74) is 0. The number of hydrogen-bond donors (Lipinski definition) is 1. The molecule has 0 spiro atoms. The maximum absolute atomic E-state index is 12.0. The van der Waals surface area contributed by atoms with Crippen LogP contribution in [0.25, 0.3) is 0 Å².